The van der Waals surface area contributed by atoms with Crippen LogP contribution < -0.4 is 5.73 Å². The lowest BCUT2D eigenvalue weighted by molar-refractivity contribution is 0.0741. The lowest BCUT2D eigenvalue weighted by atomic mass is 9.93. The number of amides is 1. The molecule has 22 heavy (non-hydrogen) atoms. The van der Waals surface area contributed by atoms with Crippen molar-refractivity contribution in [1.82, 2.24) is 15.1 Å². The van der Waals surface area contributed by atoms with Gasteiger partial charge in [0.2, 0.25) is 0 Å². The van der Waals surface area contributed by atoms with Gasteiger partial charge in [-0.2, -0.15) is 5.10 Å². The number of nitrogens with zero attached hydrogens (tertiary/aromatic N) is 2. The van der Waals surface area contributed by atoms with Gasteiger partial charge in [-0.3, -0.25) is 9.89 Å². The minimum atomic E-state index is -0.140. The number of aromatic nitrogens is 2. The van der Waals surface area contributed by atoms with Crippen LogP contribution in [-0.4, -0.2) is 41.1 Å². The number of aromatic amines is 1. The average Bonchev–Trinajstić information content (AvgIpc) is 2.95. The van der Waals surface area contributed by atoms with Crippen LogP contribution in [0.15, 0.2) is 30.5 Å². The largest absolute Gasteiger partial charge is 0.341 e. The molecule has 0 bridgehead atoms. The Morgan fingerprint density at radius 2 is 2.09 bits per heavy atom. The summed E-state index contributed by atoms with van der Waals surface area (Å²) in [6.07, 6.45) is 1.53. The molecule has 5 nitrogen and oxygen atoms in total. The molecule has 2 aromatic rings. The fourth-order valence-electron chi connectivity index (χ4n) is 2.30. The van der Waals surface area contributed by atoms with Crippen LogP contribution in [0.5, 0.6) is 0 Å². The van der Waals surface area contributed by atoms with Crippen molar-refractivity contribution in [2.45, 2.75) is 13.8 Å². The maximum Gasteiger partial charge on any atom is 0.257 e. The third-order valence-corrected chi connectivity index (χ3v) is 3.91. The van der Waals surface area contributed by atoms with Crippen molar-refractivity contribution in [3.63, 3.8) is 0 Å². The van der Waals surface area contributed by atoms with Gasteiger partial charge < -0.3 is 10.6 Å². The van der Waals surface area contributed by atoms with Gasteiger partial charge in [0.1, 0.15) is 0 Å². The van der Waals surface area contributed by atoms with Gasteiger partial charge in [0, 0.05) is 24.2 Å². The third-order valence-electron chi connectivity index (χ3n) is 3.58. The summed E-state index contributed by atoms with van der Waals surface area (Å²) in [6, 6.07) is 7.36. The molecule has 2 rings (SSSR count). The highest BCUT2D eigenvalue weighted by Gasteiger charge is 2.25. The van der Waals surface area contributed by atoms with Crippen molar-refractivity contribution in [2.75, 3.05) is 20.1 Å². The molecule has 1 heterocycles. The summed E-state index contributed by atoms with van der Waals surface area (Å²) in [5.41, 5.74) is 7.50. The average molecular weight is 321 g/mol. The van der Waals surface area contributed by atoms with E-state index in [4.69, 9.17) is 17.3 Å². The zero-order valence-corrected chi connectivity index (χ0v) is 13.8. The Bertz CT molecular complexity index is 666. The zero-order chi connectivity index (χ0) is 16.3. The molecule has 0 spiro atoms. The highest BCUT2D eigenvalue weighted by molar-refractivity contribution is 6.33. The van der Waals surface area contributed by atoms with Gasteiger partial charge in [0.15, 0.2) is 0 Å². The summed E-state index contributed by atoms with van der Waals surface area (Å²) in [5, 5.41) is 7.45. The molecule has 0 radical (unpaired) electrons. The number of nitrogens with one attached hydrogen (secondary N) is 1. The summed E-state index contributed by atoms with van der Waals surface area (Å²) in [7, 11) is 1.77. The molecule has 0 saturated carbocycles. The van der Waals surface area contributed by atoms with Crippen LogP contribution >= 0.6 is 11.6 Å². The number of hydrogen-bond donors (Lipinski definition) is 2. The maximum absolute atomic E-state index is 12.7. The standard InChI is InChI=1S/C16H21ClN4O/c1-16(2,9-18)10-21(3)15(22)12-8-19-20-14(12)11-6-4-5-7-13(11)17/h4-8H,9-10,18H2,1-3H3,(H,19,20). The van der Waals surface area contributed by atoms with Crippen LogP contribution in [0.25, 0.3) is 11.3 Å². The van der Waals surface area contributed by atoms with E-state index >= 15 is 0 Å². The Hall–Kier alpha value is -1.85. The first-order valence-corrected chi connectivity index (χ1v) is 7.47. The topological polar surface area (TPSA) is 75.0 Å². The number of carbonyl (C=O) groups excluding carboxylic acids is 1. The number of carbonyl (C=O) groups is 1. The molecule has 3 N–H and O–H groups in total. The predicted octanol–water partition coefficient (Wildman–Crippen LogP) is 2.79. The van der Waals surface area contributed by atoms with Crippen LogP contribution in [-0.2, 0) is 0 Å². The first kappa shape index (κ1) is 16.5. The minimum absolute atomic E-state index is 0.106. The molecule has 118 valence electrons. The lowest BCUT2D eigenvalue weighted by Gasteiger charge is -2.29. The molecule has 0 aliphatic heterocycles. The second-order valence-electron chi connectivity index (χ2n) is 6.17. The van der Waals surface area contributed by atoms with E-state index in [-0.39, 0.29) is 11.3 Å². The smallest absolute Gasteiger partial charge is 0.257 e. The lowest BCUT2D eigenvalue weighted by Crippen LogP contribution is -2.39. The number of H-pyrrole nitrogens is 1. The van der Waals surface area contributed by atoms with Crippen molar-refractivity contribution in [2.24, 2.45) is 11.1 Å². The number of halogens is 1. The molecule has 0 unspecified atom stereocenters. The normalized spacial score (nSPS) is 11.5. The molecule has 6 heteroatoms. The first-order chi connectivity index (χ1) is 10.4. The van der Waals surface area contributed by atoms with E-state index in [1.807, 2.05) is 32.0 Å². The van der Waals surface area contributed by atoms with Gasteiger partial charge in [0.05, 0.1) is 17.5 Å². The van der Waals surface area contributed by atoms with Crippen LogP contribution in [0, 0.1) is 5.41 Å². The van der Waals surface area contributed by atoms with Crippen molar-refractivity contribution in [3.05, 3.63) is 41.0 Å². The van der Waals surface area contributed by atoms with E-state index < -0.39 is 0 Å². The van der Waals surface area contributed by atoms with E-state index in [2.05, 4.69) is 10.2 Å². The second kappa shape index (κ2) is 6.50. The molecular weight excluding hydrogens is 300 g/mol. The second-order valence-corrected chi connectivity index (χ2v) is 6.58. The molecule has 0 aliphatic rings. The van der Waals surface area contributed by atoms with E-state index in [1.165, 1.54) is 6.20 Å². The van der Waals surface area contributed by atoms with E-state index in [0.29, 0.717) is 29.4 Å². The van der Waals surface area contributed by atoms with E-state index in [1.54, 1.807) is 18.0 Å². The van der Waals surface area contributed by atoms with Gasteiger partial charge >= 0.3 is 0 Å². The van der Waals surface area contributed by atoms with Gasteiger partial charge in [-0.05, 0) is 18.0 Å². The molecular formula is C16H21ClN4O. The van der Waals surface area contributed by atoms with Crippen LogP contribution in [0.4, 0.5) is 0 Å². The molecule has 1 amide bonds. The van der Waals surface area contributed by atoms with Crippen molar-refractivity contribution < 1.29 is 4.79 Å². The number of nitrogens with two attached hydrogens (primary N) is 1. The third kappa shape index (κ3) is 3.48. The molecule has 0 aliphatic carbocycles. The Labute approximate surface area is 135 Å². The first-order valence-electron chi connectivity index (χ1n) is 7.09. The van der Waals surface area contributed by atoms with Crippen molar-refractivity contribution in [1.29, 1.82) is 0 Å². The Morgan fingerprint density at radius 3 is 2.73 bits per heavy atom. The van der Waals surface area contributed by atoms with Gasteiger partial charge in [-0.15, -0.1) is 0 Å². The van der Waals surface area contributed by atoms with E-state index in [0.717, 1.165) is 5.56 Å². The van der Waals surface area contributed by atoms with Crippen molar-refractivity contribution in [3.8, 4) is 11.3 Å². The van der Waals surface area contributed by atoms with Crippen LogP contribution in [0.2, 0.25) is 5.02 Å². The SMILES string of the molecule is CN(CC(C)(C)CN)C(=O)c1cn[nH]c1-c1ccccc1Cl. The summed E-state index contributed by atoms with van der Waals surface area (Å²) in [6.45, 7) is 5.13. The van der Waals surface area contributed by atoms with E-state index in [9.17, 15) is 4.79 Å². The summed E-state index contributed by atoms with van der Waals surface area (Å²) in [4.78, 5) is 14.4. The van der Waals surface area contributed by atoms with Crippen molar-refractivity contribution >= 4 is 17.5 Å². The number of hydrogen-bond acceptors (Lipinski definition) is 3. The van der Waals surface area contributed by atoms with Crippen LogP contribution in [0.3, 0.4) is 0 Å². The van der Waals surface area contributed by atoms with Gasteiger partial charge in [-0.25, -0.2) is 0 Å². The van der Waals surface area contributed by atoms with Gasteiger partial charge in [-0.1, -0.05) is 43.6 Å². The molecule has 0 fully saturated rings. The maximum atomic E-state index is 12.7. The highest BCUT2D eigenvalue weighted by Crippen LogP contribution is 2.29. The van der Waals surface area contributed by atoms with Gasteiger partial charge in [0.25, 0.3) is 5.91 Å². The zero-order valence-electron chi connectivity index (χ0n) is 13.1. The fraction of sp³-hybridized carbons (Fsp3) is 0.375. The summed E-state index contributed by atoms with van der Waals surface area (Å²) < 4.78 is 0. The predicted molar refractivity (Wildman–Crippen MR) is 88.8 cm³/mol. The molecule has 0 atom stereocenters. The Morgan fingerprint density at radius 1 is 1.41 bits per heavy atom. The number of benzene rings is 1. The molecule has 0 saturated heterocycles. The summed E-state index contributed by atoms with van der Waals surface area (Å²) in [5.74, 6) is -0.106. The Kier molecular flexibility index (Phi) is 4.88. The highest BCUT2D eigenvalue weighted by atomic mass is 35.5. The number of rotatable bonds is 5. The Balaban J connectivity index is 2.30. The molecule has 1 aromatic carbocycles. The molecule has 1 aromatic heterocycles. The summed E-state index contributed by atoms with van der Waals surface area (Å²) >= 11 is 6.21. The fourth-order valence-corrected chi connectivity index (χ4v) is 2.53. The minimum Gasteiger partial charge on any atom is -0.341 e. The monoisotopic (exact) mass is 320 g/mol. The quantitative estimate of drug-likeness (QED) is 0.889. The van der Waals surface area contributed by atoms with Crippen LogP contribution in [0.1, 0.15) is 24.2 Å².